The highest BCUT2D eigenvalue weighted by molar-refractivity contribution is 5.92. The fourth-order valence-corrected chi connectivity index (χ4v) is 2.34. The van der Waals surface area contributed by atoms with Gasteiger partial charge in [-0.25, -0.2) is 0 Å². The molecule has 1 heterocycles. The van der Waals surface area contributed by atoms with E-state index in [9.17, 15) is 0 Å². The van der Waals surface area contributed by atoms with Crippen molar-refractivity contribution >= 4 is 11.6 Å². The SMILES string of the molecule is Cc1ccc(NC(N)=NCCCOCC2CCOC2)cc1C. The summed E-state index contributed by atoms with van der Waals surface area (Å²) in [6.07, 6.45) is 1.99. The van der Waals surface area contributed by atoms with E-state index < -0.39 is 0 Å². The summed E-state index contributed by atoms with van der Waals surface area (Å²) in [6, 6.07) is 6.16. The molecule has 122 valence electrons. The molecule has 22 heavy (non-hydrogen) atoms. The molecule has 0 spiro atoms. The van der Waals surface area contributed by atoms with Gasteiger partial charge in [-0.05, 0) is 49.9 Å². The number of guanidine groups is 1. The highest BCUT2D eigenvalue weighted by Gasteiger charge is 2.14. The number of benzene rings is 1. The van der Waals surface area contributed by atoms with E-state index >= 15 is 0 Å². The van der Waals surface area contributed by atoms with Crippen LogP contribution in [0.4, 0.5) is 5.69 Å². The Morgan fingerprint density at radius 2 is 2.27 bits per heavy atom. The number of nitrogens with two attached hydrogens (primary N) is 1. The second kappa shape index (κ2) is 8.76. The normalized spacial score (nSPS) is 18.6. The molecule has 3 N–H and O–H groups in total. The fourth-order valence-electron chi connectivity index (χ4n) is 2.34. The van der Waals surface area contributed by atoms with Crippen molar-refractivity contribution in [1.82, 2.24) is 0 Å². The van der Waals surface area contributed by atoms with E-state index in [1.807, 2.05) is 6.07 Å². The van der Waals surface area contributed by atoms with Crippen molar-refractivity contribution in [2.75, 3.05) is 38.3 Å². The van der Waals surface area contributed by atoms with Gasteiger partial charge in [0.25, 0.3) is 0 Å². The average molecular weight is 305 g/mol. The Hall–Kier alpha value is -1.59. The van der Waals surface area contributed by atoms with E-state index in [-0.39, 0.29) is 0 Å². The van der Waals surface area contributed by atoms with Gasteiger partial charge in [0.2, 0.25) is 0 Å². The first-order valence-electron chi connectivity index (χ1n) is 7.95. The molecule has 5 heteroatoms. The van der Waals surface area contributed by atoms with Crippen LogP contribution in [0.2, 0.25) is 0 Å². The fraction of sp³-hybridized carbons (Fsp3) is 0.588. The number of anilines is 1. The Balaban J connectivity index is 1.61. The van der Waals surface area contributed by atoms with Gasteiger partial charge in [0, 0.05) is 31.4 Å². The lowest BCUT2D eigenvalue weighted by Gasteiger charge is -2.09. The predicted octanol–water partition coefficient (Wildman–Crippen LogP) is 2.47. The number of hydrogen-bond donors (Lipinski definition) is 2. The number of aryl methyl sites for hydroxylation is 2. The third-order valence-corrected chi connectivity index (χ3v) is 3.89. The zero-order chi connectivity index (χ0) is 15.8. The molecular weight excluding hydrogens is 278 g/mol. The molecule has 1 aliphatic rings. The maximum atomic E-state index is 5.89. The minimum atomic E-state index is 0.451. The van der Waals surface area contributed by atoms with Crippen molar-refractivity contribution in [3.05, 3.63) is 29.3 Å². The summed E-state index contributed by atoms with van der Waals surface area (Å²) in [4.78, 5) is 4.32. The monoisotopic (exact) mass is 305 g/mol. The third kappa shape index (κ3) is 5.66. The Morgan fingerprint density at radius 1 is 1.41 bits per heavy atom. The van der Waals surface area contributed by atoms with Gasteiger partial charge >= 0.3 is 0 Å². The molecule has 1 aromatic carbocycles. The van der Waals surface area contributed by atoms with Crippen molar-refractivity contribution in [2.24, 2.45) is 16.6 Å². The number of rotatable bonds is 7. The molecule has 0 aromatic heterocycles. The summed E-state index contributed by atoms with van der Waals surface area (Å²) in [6.45, 7) is 8.07. The van der Waals surface area contributed by atoms with Crippen LogP contribution in [0.3, 0.4) is 0 Å². The van der Waals surface area contributed by atoms with Crippen LogP contribution in [0.1, 0.15) is 24.0 Å². The zero-order valence-corrected chi connectivity index (χ0v) is 13.6. The first-order valence-corrected chi connectivity index (χ1v) is 7.95. The van der Waals surface area contributed by atoms with Crippen molar-refractivity contribution in [3.8, 4) is 0 Å². The van der Waals surface area contributed by atoms with Gasteiger partial charge in [-0.1, -0.05) is 6.07 Å². The Bertz CT molecular complexity index is 497. The summed E-state index contributed by atoms with van der Waals surface area (Å²) in [5, 5.41) is 3.12. The summed E-state index contributed by atoms with van der Waals surface area (Å²) < 4.78 is 10.9. The third-order valence-electron chi connectivity index (χ3n) is 3.89. The molecule has 5 nitrogen and oxygen atoms in total. The van der Waals surface area contributed by atoms with E-state index in [0.717, 1.165) is 45.0 Å². The summed E-state index contributed by atoms with van der Waals surface area (Å²) in [5.74, 6) is 1.02. The highest BCUT2D eigenvalue weighted by atomic mass is 16.5. The van der Waals surface area contributed by atoms with Crippen molar-refractivity contribution < 1.29 is 9.47 Å². The van der Waals surface area contributed by atoms with Crippen LogP contribution in [0.15, 0.2) is 23.2 Å². The maximum Gasteiger partial charge on any atom is 0.193 e. The number of nitrogens with one attached hydrogen (secondary N) is 1. The molecule has 0 amide bonds. The number of hydrogen-bond acceptors (Lipinski definition) is 3. The van der Waals surface area contributed by atoms with Crippen LogP contribution >= 0.6 is 0 Å². The molecular formula is C17H27N3O2. The standard InChI is InChI=1S/C17H27N3O2/c1-13-4-5-16(10-14(13)2)20-17(18)19-7-3-8-21-11-15-6-9-22-12-15/h4-5,10,15H,3,6-9,11-12H2,1-2H3,(H3,18,19,20). The van der Waals surface area contributed by atoms with Gasteiger partial charge in [0.15, 0.2) is 5.96 Å². The average Bonchev–Trinajstić information content (AvgIpc) is 3.00. The molecule has 1 atom stereocenters. The van der Waals surface area contributed by atoms with Gasteiger partial charge < -0.3 is 20.5 Å². The molecule has 1 aliphatic heterocycles. The number of ether oxygens (including phenoxy) is 2. The highest BCUT2D eigenvalue weighted by Crippen LogP contribution is 2.14. The van der Waals surface area contributed by atoms with Crippen LogP contribution in [0.25, 0.3) is 0 Å². The van der Waals surface area contributed by atoms with E-state index in [1.165, 1.54) is 11.1 Å². The molecule has 1 fully saturated rings. The first kappa shape index (κ1) is 16.8. The van der Waals surface area contributed by atoms with E-state index in [4.69, 9.17) is 15.2 Å². The van der Waals surface area contributed by atoms with Crippen LogP contribution in [-0.2, 0) is 9.47 Å². The molecule has 0 saturated carbocycles. The van der Waals surface area contributed by atoms with Crippen molar-refractivity contribution in [2.45, 2.75) is 26.7 Å². The van der Waals surface area contributed by atoms with E-state index in [1.54, 1.807) is 0 Å². The van der Waals surface area contributed by atoms with Gasteiger partial charge in [0.1, 0.15) is 0 Å². The minimum absolute atomic E-state index is 0.451. The predicted molar refractivity (Wildman–Crippen MR) is 90.4 cm³/mol. The lowest BCUT2D eigenvalue weighted by Crippen LogP contribution is -2.23. The molecule has 0 radical (unpaired) electrons. The number of nitrogens with zero attached hydrogens (tertiary/aromatic N) is 1. The number of aliphatic imine (C=N–C) groups is 1. The summed E-state index contributed by atoms with van der Waals surface area (Å²) in [7, 11) is 0. The van der Waals surface area contributed by atoms with Crippen LogP contribution in [0.5, 0.6) is 0 Å². The first-order chi connectivity index (χ1) is 10.6. The molecule has 1 saturated heterocycles. The van der Waals surface area contributed by atoms with Crippen LogP contribution in [-0.4, -0.2) is 38.9 Å². The smallest absolute Gasteiger partial charge is 0.193 e. The largest absolute Gasteiger partial charge is 0.381 e. The molecule has 1 aromatic rings. The van der Waals surface area contributed by atoms with Gasteiger partial charge in [-0.3, -0.25) is 4.99 Å². The lowest BCUT2D eigenvalue weighted by atomic mass is 10.1. The molecule has 0 aliphatic carbocycles. The van der Waals surface area contributed by atoms with Gasteiger partial charge in [-0.2, -0.15) is 0 Å². The summed E-state index contributed by atoms with van der Waals surface area (Å²) in [5.41, 5.74) is 9.37. The summed E-state index contributed by atoms with van der Waals surface area (Å²) >= 11 is 0. The van der Waals surface area contributed by atoms with E-state index in [2.05, 4.69) is 36.3 Å². The Morgan fingerprint density at radius 3 is 3.00 bits per heavy atom. The second-order valence-electron chi connectivity index (χ2n) is 5.85. The zero-order valence-electron chi connectivity index (χ0n) is 13.6. The molecule has 2 rings (SSSR count). The van der Waals surface area contributed by atoms with Crippen LogP contribution < -0.4 is 11.1 Å². The maximum absolute atomic E-state index is 5.89. The topological polar surface area (TPSA) is 68.9 Å². The molecule has 0 bridgehead atoms. The quantitative estimate of drug-likeness (QED) is 0.461. The Kier molecular flexibility index (Phi) is 6.68. The molecule has 1 unspecified atom stereocenters. The minimum Gasteiger partial charge on any atom is -0.381 e. The van der Waals surface area contributed by atoms with Crippen molar-refractivity contribution in [3.63, 3.8) is 0 Å². The Labute approximate surface area is 132 Å². The van der Waals surface area contributed by atoms with Gasteiger partial charge in [-0.15, -0.1) is 0 Å². The van der Waals surface area contributed by atoms with Crippen LogP contribution in [0, 0.1) is 19.8 Å². The lowest BCUT2D eigenvalue weighted by molar-refractivity contribution is 0.0893. The second-order valence-corrected chi connectivity index (χ2v) is 5.85. The van der Waals surface area contributed by atoms with Crippen molar-refractivity contribution in [1.29, 1.82) is 0 Å². The van der Waals surface area contributed by atoms with E-state index in [0.29, 0.717) is 18.4 Å². The van der Waals surface area contributed by atoms with Gasteiger partial charge in [0.05, 0.1) is 13.2 Å².